The van der Waals surface area contributed by atoms with Gasteiger partial charge < -0.3 is 10.1 Å². The minimum atomic E-state index is 0.690. The lowest BCUT2D eigenvalue weighted by molar-refractivity contribution is -0.705. The van der Waals surface area contributed by atoms with Gasteiger partial charge >= 0.3 is 0 Å². The summed E-state index contributed by atoms with van der Waals surface area (Å²) in [5.41, 5.74) is 4.35. The van der Waals surface area contributed by atoms with Crippen molar-refractivity contribution in [2.24, 2.45) is 0 Å². The molecule has 2 aromatic carbocycles. The molecule has 1 aliphatic carbocycles. The molecule has 0 saturated carbocycles. The van der Waals surface area contributed by atoms with Crippen molar-refractivity contribution >= 4 is 0 Å². The van der Waals surface area contributed by atoms with E-state index in [0.717, 1.165) is 12.3 Å². The van der Waals surface area contributed by atoms with Crippen LogP contribution >= 0.6 is 0 Å². The van der Waals surface area contributed by atoms with Crippen molar-refractivity contribution < 1.29 is 10.1 Å². The Balaban J connectivity index is 1.63. The van der Waals surface area contributed by atoms with Gasteiger partial charge in [0.25, 0.3) is 0 Å². The maximum Gasteiger partial charge on any atom is 0.127 e. The third-order valence-corrected chi connectivity index (χ3v) is 4.25. The fourth-order valence-corrected chi connectivity index (χ4v) is 3.09. The lowest BCUT2D eigenvalue weighted by Gasteiger charge is -2.23. The van der Waals surface area contributed by atoms with Crippen LogP contribution in [0.1, 0.15) is 23.1 Å². The molecule has 3 rings (SSSR count). The van der Waals surface area contributed by atoms with Gasteiger partial charge in [0.2, 0.25) is 0 Å². The lowest BCUT2D eigenvalue weighted by atomic mass is 9.88. The van der Waals surface area contributed by atoms with Gasteiger partial charge in [0, 0.05) is 18.4 Å². The summed E-state index contributed by atoms with van der Waals surface area (Å²) in [5.74, 6) is 1.000. The van der Waals surface area contributed by atoms with E-state index in [2.05, 4.69) is 41.7 Å². The smallest absolute Gasteiger partial charge is 0.127 e. The third-order valence-electron chi connectivity index (χ3n) is 4.25. The van der Waals surface area contributed by atoms with Crippen LogP contribution in [0.15, 0.2) is 48.5 Å². The zero-order valence-corrected chi connectivity index (χ0v) is 12.0. The molecule has 2 N–H and O–H groups in total. The number of quaternary nitrogens is 1. The topological polar surface area (TPSA) is 25.8 Å². The van der Waals surface area contributed by atoms with E-state index in [-0.39, 0.29) is 0 Å². The Morgan fingerprint density at radius 1 is 1.05 bits per heavy atom. The van der Waals surface area contributed by atoms with Gasteiger partial charge in [-0.25, -0.2) is 0 Å². The Morgan fingerprint density at radius 3 is 2.65 bits per heavy atom. The van der Waals surface area contributed by atoms with Gasteiger partial charge in [0.1, 0.15) is 12.3 Å². The highest BCUT2D eigenvalue weighted by Gasteiger charge is 2.20. The van der Waals surface area contributed by atoms with Gasteiger partial charge in [-0.1, -0.05) is 36.4 Å². The Kier molecular flexibility index (Phi) is 4.03. The van der Waals surface area contributed by atoms with Crippen molar-refractivity contribution in [2.45, 2.75) is 31.8 Å². The molecular formula is C18H22NO+. The summed E-state index contributed by atoms with van der Waals surface area (Å²) in [6, 6.07) is 17.9. The van der Waals surface area contributed by atoms with E-state index >= 15 is 0 Å². The fourth-order valence-electron chi connectivity index (χ4n) is 3.09. The van der Waals surface area contributed by atoms with Crippen LogP contribution in [0.4, 0.5) is 0 Å². The standard InChI is InChI=1S/C18H21NO/c1-20-18-9-5-4-8-16(18)13-19-17-11-10-14-6-2-3-7-15(14)12-17/h2-9,17,19H,10-13H2,1H3/p+1/t17-/m1/s1. The predicted octanol–water partition coefficient (Wildman–Crippen LogP) is 2.32. The Bertz CT molecular complexity index is 579. The zero-order chi connectivity index (χ0) is 13.8. The zero-order valence-electron chi connectivity index (χ0n) is 12.0. The average Bonchev–Trinajstić information content (AvgIpc) is 2.53. The summed E-state index contributed by atoms with van der Waals surface area (Å²) < 4.78 is 5.42. The first kappa shape index (κ1) is 13.2. The van der Waals surface area contributed by atoms with Crippen molar-refractivity contribution in [3.05, 3.63) is 65.2 Å². The second kappa shape index (κ2) is 6.10. The van der Waals surface area contributed by atoms with E-state index in [9.17, 15) is 0 Å². The number of nitrogens with two attached hydrogens (primary N) is 1. The van der Waals surface area contributed by atoms with E-state index in [0.29, 0.717) is 6.04 Å². The summed E-state index contributed by atoms with van der Waals surface area (Å²) in [7, 11) is 1.75. The Hall–Kier alpha value is -1.80. The van der Waals surface area contributed by atoms with Gasteiger partial charge in [-0.2, -0.15) is 0 Å². The molecule has 0 bridgehead atoms. The van der Waals surface area contributed by atoms with Crippen LogP contribution in [0, 0.1) is 0 Å². The van der Waals surface area contributed by atoms with Crippen molar-refractivity contribution in [2.75, 3.05) is 7.11 Å². The molecule has 0 aliphatic heterocycles. The number of rotatable bonds is 4. The maximum absolute atomic E-state index is 5.42. The molecule has 104 valence electrons. The Labute approximate surface area is 120 Å². The minimum absolute atomic E-state index is 0.690. The van der Waals surface area contributed by atoms with E-state index in [1.165, 1.54) is 36.0 Å². The molecule has 0 fully saturated rings. The van der Waals surface area contributed by atoms with Crippen molar-refractivity contribution in [3.8, 4) is 5.75 Å². The van der Waals surface area contributed by atoms with E-state index in [1.54, 1.807) is 7.11 Å². The van der Waals surface area contributed by atoms with Crippen LogP contribution in [0.3, 0.4) is 0 Å². The molecule has 1 aliphatic rings. The van der Waals surface area contributed by atoms with Crippen LogP contribution in [0.2, 0.25) is 0 Å². The van der Waals surface area contributed by atoms with E-state index < -0.39 is 0 Å². The first-order valence-electron chi connectivity index (χ1n) is 7.39. The van der Waals surface area contributed by atoms with Gasteiger partial charge in [0.15, 0.2) is 0 Å². The summed E-state index contributed by atoms with van der Waals surface area (Å²) in [6.07, 6.45) is 3.67. The minimum Gasteiger partial charge on any atom is -0.496 e. The first-order chi connectivity index (χ1) is 9.86. The molecule has 0 heterocycles. The number of fused-ring (bicyclic) bond motifs is 1. The number of hydrogen-bond acceptors (Lipinski definition) is 1. The SMILES string of the molecule is COc1ccccc1C[NH2+][C@@H]1CCc2ccccc2C1. The van der Waals surface area contributed by atoms with Crippen LogP contribution in [0.5, 0.6) is 5.75 Å². The second-order valence-corrected chi connectivity index (χ2v) is 5.52. The molecule has 2 aromatic rings. The molecule has 2 nitrogen and oxygen atoms in total. The van der Waals surface area contributed by atoms with Crippen LogP contribution in [-0.2, 0) is 19.4 Å². The van der Waals surface area contributed by atoms with Crippen LogP contribution in [0.25, 0.3) is 0 Å². The molecule has 2 heteroatoms. The summed E-state index contributed by atoms with van der Waals surface area (Å²) in [6.45, 7) is 0.997. The monoisotopic (exact) mass is 268 g/mol. The van der Waals surface area contributed by atoms with Gasteiger partial charge in [-0.15, -0.1) is 0 Å². The van der Waals surface area contributed by atoms with Gasteiger partial charge in [0.05, 0.1) is 13.2 Å². The molecule has 20 heavy (non-hydrogen) atoms. The molecule has 0 spiro atoms. The number of hydrogen-bond donors (Lipinski definition) is 1. The molecule has 0 aromatic heterocycles. The highest BCUT2D eigenvalue weighted by atomic mass is 16.5. The molecule has 1 atom stereocenters. The lowest BCUT2D eigenvalue weighted by Crippen LogP contribution is -2.89. The van der Waals surface area contributed by atoms with E-state index in [4.69, 9.17) is 4.74 Å². The molecule has 0 radical (unpaired) electrons. The summed E-state index contributed by atoms with van der Waals surface area (Å²) in [5, 5.41) is 2.47. The molecule has 0 amide bonds. The molecular weight excluding hydrogens is 246 g/mol. The quantitative estimate of drug-likeness (QED) is 0.905. The number of benzene rings is 2. The van der Waals surface area contributed by atoms with E-state index in [1.807, 2.05) is 12.1 Å². The molecule has 0 unspecified atom stereocenters. The van der Waals surface area contributed by atoms with Gasteiger partial charge in [-0.05, 0) is 29.7 Å². The third kappa shape index (κ3) is 2.86. The summed E-state index contributed by atoms with van der Waals surface area (Å²) >= 11 is 0. The number of ether oxygens (including phenoxy) is 1. The number of para-hydroxylation sites is 1. The van der Waals surface area contributed by atoms with Crippen LogP contribution < -0.4 is 10.1 Å². The highest BCUT2D eigenvalue weighted by Crippen LogP contribution is 2.20. The predicted molar refractivity (Wildman–Crippen MR) is 80.9 cm³/mol. The summed E-state index contributed by atoms with van der Waals surface area (Å²) in [4.78, 5) is 0. The van der Waals surface area contributed by atoms with Gasteiger partial charge in [-0.3, -0.25) is 0 Å². The second-order valence-electron chi connectivity index (χ2n) is 5.52. The largest absolute Gasteiger partial charge is 0.496 e. The number of methoxy groups -OCH3 is 1. The van der Waals surface area contributed by atoms with Crippen LogP contribution in [-0.4, -0.2) is 13.2 Å². The van der Waals surface area contributed by atoms with Crippen molar-refractivity contribution in [1.29, 1.82) is 0 Å². The average molecular weight is 268 g/mol. The first-order valence-corrected chi connectivity index (χ1v) is 7.39. The fraction of sp³-hybridized carbons (Fsp3) is 0.333. The van der Waals surface area contributed by atoms with Crippen molar-refractivity contribution in [1.82, 2.24) is 0 Å². The maximum atomic E-state index is 5.42. The van der Waals surface area contributed by atoms with Crippen molar-refractivity contribution in [3.63, 3.8) is 0 Å². The Morgan fingerprint density at radius 2 is 1.80 bits per heavy atom. The highest BCUT2D eigenvalue weighted by molar-refractivity contribution is 5.32. The molecule has 0 saturated heterocycles. The normalized spacial score (nSPS) is 17.6. The number of aryl methyl sites for hydroxylation is 1.